The van der Waals surface area contributed by atoms with Crippen LogP contribution in [0.4, 0.5) is 5.69 Å². The minimum absolute atomic E-state index is 0.0338. The molecule has 0 radical (unpaired) electrons. The summed E-state index contributed by atoms with van der Waals surface area (Å²) in [5, 5.41) is 10.6. The Morgan fingerprint density at radius 3 is 2.71 bits per heavy atom. The van der Waals surface area contributed by atoms with E-state index in [0.29, 0.717) is 44.5 Å². The van der Waals surface area contributed by atoms with Crippen molar-refractivity contribution in [2.45, 2.75) is 39.0 Å². The molecule has 0 aliphatic heterocycles. The number of nitrogens with one attached hydrogen (secondary N) is 3. The number of anilines is 1. The van der Waals surface area contributed by atoms with Crippen LogP contribution in [0.25, 0.3) is 55.4 Å². The summed E-state index contributed by atoms with van der Waals surface area (Å²) in [6.07, 6.45) is 10.4. The lowest BCUT2D eigenvalue weighted by Crippen LogP contribution is -2.24. The number of carbonyl (C=O) groups excluding carboxylic acids is 2. The summed E-state index contributed by atoms with van der Waals surface area (Å²) in [4.78, 5) is 48.1. The fraction of sp³-hybridized carbons (Fsp3) is 0.233. The van der Waals surface area contributed by atoms with E-state index in [9.17, 15) is 9.59 Å². The Kier molecular flexibility index (Phi) is 6.35. The number of carbonyl (C=O) groups is 2. The maximum absolute atomic E-state index is 12.8. The summed E-state index contributed by atoms with van der Waals surface area (Å²) >= 11 is 1.43. The Morgan fingerprint density at radius 2 is 1.88 bits per heavy atom. The summed E-state index contributed by atoms with van der Waals surface area (Å²) in [6, 6.07) is 11.4. The maximum atomic E-state index is 12.8. The van der Waals surface area contributed by atoms with Crippen LogP contribution in [-0.2, 0) is 4.79 Å². The van der Waals surface area contributed by atoms with Crippen molar-refractivity contribution in [2.75, 3.05) is 5.32 Å². The molecule has 41 heavy (non-hydrogen) atoms. The van der Waals surface area contributed by atoms with Gasteiger partial charge >= 0.3 is 0 Å². The Labute approximate surface area is 238 Å². The molecule has 204 valence electrons. The second kappa shape index (κ2) is 10.3. The lowest BCUT2D eigenvalue weighted by atomic mass is 9.88. The van der Waals surface area contributed by atoms with E-state index >= 15 is 0 Å². The zero-order chi connectivity index (χ0) is 27.9. The molecule has 1 fully saturated rings. The van der Waals surface area contributed by atoms with Crippen LogP contribution in [0.3, 0.4) is 0 Å². The van der Waals surface area contributed by atoms with Gasteiger partial charge in [0.05, 0.1) is 28.0 Å². The van der Waals surface area contributed by atoms with Crippen LogP contribution in [0.1, 0.15) is 48.7 Å². The van der Waals surface area contributed by atoms with Crippen LogP contribution >= 0.6 is 11.3 Å². The second-order valence-electron chi connectivity index (χ2n) is 10.3. The summed E-state index contributed by atoms with van der Waals surface area (Å²) in [7, 11) is 0. The molecule has 10 nitrogen and oxygen atoms in total. The third-order valence-electron chi connectivity index (χ3n) is 7.51. The fourth-order valence-corrected chi connectivity index (χ4v) is 6.30. The van der Waals surface area contributed by atoms with Gasteiger partial charge in [-0.15, -0.1) is 11.3 Å². The largest absolute Gasteiger partial charge is 0.324 e. The first kappa shape index (κ1) is 25.2. The van der Waals surface area contributed by atoms with Crippen molar-refractivity contribution in [3.63, 3.8) is 0 Å². The van der Waals surface area contributed by atoms with E-state index in [1.54, 1.807) is 25.5 Å². The number of aromatic amines is 2. The van der Waals surface area contributed by atoms with Gasteiger partial charge in [-0.3, -0.25) is 19.7 Å². The highest BCUT2D eigenvalue weighted by Crippen LogP contribution is 2.34. The molecule has 1 aliphatic carbocycles. The zero-order valence-electron chi connectivity index (χ0n) is 22.3. The molecule has 0 saturated heterocycles. The van der Waals surface area contributed by atoms with E-state index in [1.165, 1.54) is 17.8 Å². The molecule has 0 aromatic carbocycles. The van der Waals surface area contributed by atoms with Crippen LogP contribution in [0, 0.1) is 5.92 Å². The summed E-state index contributed by atoms with van der Waals surface area (Å²) < 4.78 is 0. The quantitative estimate of drug-likeness (QED) is 0.199. The van der Waals surface area contributed by atoms with E-state index in [0.717, 1.165) is 47.2 Å². The number of pyridine rings is 3. The average Bonchev–Trinajstić information content (AvgIpc) is 3.75. The van der Waals surface area contributed by atoms with E-state index in [1.807, 2.05) is 36.4 Å². The van der Waals surface area contributed by atoms with E-state index in [-0.39, 0.29) is 17.6 Å². The van der Waals surface area contributed by atoms with Crippen LogP contribution in [0.2, 0.25) is 0 Å². The number of aromatic nitrogens is 7. The van der Waals surface area contributed by atoms with Crippen LogP contribution in [-0.4, -0.2) is 46.8 Å². The molecule has 1 amide bonds. The van der Waals surface area contributed by atoms with E-state index in [2.05, 4.69) is 30.5 Å². The van der Waals surface area contributed by atoms with Crippen molar-refractivity contribution < 1.29 is 9.59 Å². The number of fused-ring (bicyclic) bond motifs is 2. The van der Waals surface area contributed by atoms with Gasteiger partial charge in [-0.05, 0) is 56.2 Å². The highest BCUT2D eigenvalue weighted by atomic mass is 32.1. The number of hydrogen-bond donors (Lipinski definition) is 3. The molecular formula is C30H26N8O2S. The lowest BCUT2D eigenvalue weighted by molar-refractivity contribution is -0.120. The third-order valence-corrected chi connectivity index (χ3v) is 8.73. The normalized spacial score (nSPS) is 14.1. The standard InChI is InChI=1S/C30H26N8O2S/c1-16(39)23-9-10-24(41-23)20-11-12-32-28-25(20)35-29(36-28)27-26-22(37-38-27)8-7-21(34-26)18-13-19(15-31-14-18)33-30(40)17-5-3-2-4-6-17/h7-15,17H,2-6H2,1H3,(H,33,40)(H,37,38)(H,32,35,36). The first-order valence-corrected chi connectivity index (χ1v) is 14.4. The minimum atomic E-state index is 0.0338. The third kappa shape index (κ3) is 4.78. The second-order valence-corrected chi connectivity index (χ2v) is 11.4. The molecule has 0 spiro atoms. The van der Waals surface area contributed by atoms with Gasteiger partial charge in [-0.25, -0.2) is 15.0 Å². The van der Waals surface area contributed by atoms with Crippen molar-refractivity contribution >= 4 is 50.9 Å². The summed E-state index contributed by atoms with van der Waals surface area (Å²) in [5.41, 5.74) is 6.32. The average molecular weight is 563 g/mol. The van der Waals surface area contributed by atoms with Gasteiger partial charge in [0.15, 0.2) is 22.9 Å². The number of nitrogens with zero attached hydrogens (tertiary/aromatic N) is 5. The van der Waals surface area contributed by atoms with Gasteiger partial charge < -0.3 is 10.3 Å². The fourth-order valence-electron chi connectivity index (χ4n) is 5.38. The number of ketones is 1. The molecule has 6 aromatic rings. The Hall–Kier alpha value is -4.77. The molecule has 6 aromatic heterocycles. The Morgan fingerprint density at radius 1 is 1.00 bits per heavy atom. The van der Waals surface area contributed by atoms with E-state index in [4.69, 9.17) is 9.97 Å². The number of Topliss-reactive ketones (excluding diaryl/α,β-unsaturated/α-hetero) is 1. The first-order valence-electron chi connectivity index (χ1n) is 13.6. The number of H-pyrrole nitrogens is 2. The minimum Gasteiger partial charge on any atom is -0.324 e. The number of imidazole rings is 1. The highest BCUT2D eigenvalue weighted by molar-refractivity contribution is 7.17. The number of hydrogen-bond acceptors (Lipinski definition) is 8. The van der Waals surface area contributed by atoms with E-state index < -0.39 is 0 Å². The molecular weight excluding hydrogens is 536 g/mol. The van der Waals surface area contributed by atoms with Crippen molar-refractivity contribution in [3.05, 3.63) is 59.9 Å². The van der Waals surface area contributed by atoms with Gasteiger partial charge in [0.25, 0.3) is 0 Å². The van der Waals surface area contributed by atoms with Gasteiger partial charge in [0.2, 0.25) is 5.91 Å². The molecule has 7 rings (SSSR count). The predicted octanol–water partition coefficient (Wildman–Crippen LogP) is 6.41. The number of thiophene rings is 1. The number of amides is 1. The monoisotopic (exact) mass is 562 g/mol. The SMILES string of the molecule is CC(=O)c1ccc(-c2ccnc3[nH]c(-c4n[nH]c5ccc(-c6cncc(NC(=O)C7CCCCC7)c6)nc45)nc23)s1. The molecule has 1 aliphatic rings. The molecule has 11 heteroatoms. The first-order chi connectivity index (χ1) is 20.0. The molecule has 3 N–H and O–H groups in total. The molecule has 0 atom stereocenters. The molecule has 1 saturated carbocycles. The van der Waals surface area contributed by atoms with Crippen molar-refractivity contribution in [1.82, 2.24) is 35.1 Å². The topological polar surface area (TPSA) is 142 Å². The smallest absolute Gasteiger partial charge is 0.227 e. The van der Waals surface area contributed by atoms with Crippen molar-refractivity contribution in [1.29, 1.82) is 0 Å². The van der Waals surface area contributed by atoms with Crippen LogP contribution in [0.5, 0.6) is 0 Å². The summed E-state index contributed by atoms with van der Waals surface area (Å²) in [5.74, 6) is 0.685. The Bertz CT molecular complexity index is 1930. The zero-order valence-corrected chi connectivity index (χ0v) is 23.1. The van der Waals surface area contributed by atoms with Crippen molar-refractivity contribution in [2.24, 2.45) is 5.92 Å². The lowest BCUT2D eigenvalue weighted by Gasteiger charge is -2.20. The van der Waals surface area contributed by atoms with Gasteiger partial charge in [0, 0.05) is 34.3 Å². The van der Waals surface area contributed by atoms with Crippen LogP contribution in [0.15, 0.2) is 55.0 Å². The van der Waals surface area contributed by atoms with Crippen LogP contribution < -0.4 is 5.32 Å². The molecule has 0 unspecified atom stereocenters. The molecule has 0 bridgehead atoms. The predicted molar refractivity (Wildman–Crippen MR) is 159 cm³/mol. The molecule has 6 heterocycles. The Balaban J connectivity index is 1.22. The van der Waals surface area contributed by atoms with Gasteiger partial charge in [-0.2, -0.15) is 5.10 Å². The summed E-state index contributed by atoms with van der Waals surface area (Å²) in [6.45, 7) is 1.56. The van der Waals surface area contributed by atoms with Gasteiger partial charge in [0.1, 0.15) is 11.0 Å². The highest BCUT2D eigenvalue weighted by Gasteiger charge is 2.22. The number of rotatable bonds is 6. The van der Waals surface area contributed by atoms with Gasteiger partial charge in [-0.1, -0.05) is 19.3 Å². The van der Waals surface area contributed by atoms with Crippen molar-refractivity contribution in [3.8, 4) is 33.2 Å². The maximum Gasteiger partial charge on any atom is 0.227 e.